The number of nitrogens with zero attached hydrogens (tertiary/aromatic N) is 2. The van der Waals surface area contributed by atoms with Crippen LogP contribution < -0.4 is 5.32 Å². The van der Waals surface area contributed by atoms with Crippen LogP contribution in [0.4, 0.5) is 0 Å². The average molecular weight is 494 g/mol. The minimum atomic E-state index is 0.0927. The van der Waals surface area contributed by atoms with E-state index in [-0.39, 0.29) is 17.7 Å². The van der Waals surface area contributed by atoms with E-state index in [1.54, 1.807) is 0 Å². The Balaban J connectivity index is 1.07. The Morgan fingerprint density at radius 2 is 1.88 bits per heavy atom. The number of halogens is 1. The van der Waals surface area contributed by atoms with E-state index in [2.05, 4.69) is 50.2 Å². The normalized spacial score (nSPS) is 20.5. The van der Waals surface area contributed by atoms with Crippen molar-refractivity contribution in [3.63, 3.8) is 0 Å². The molecule has 2 heterocycles. The molecule has 0 unspecified atom stereocenters. The van der Waals surface area contributed by atoms with Gasteiger partial charge in [-0.25, -0.2) is 0 Å². The van der Waals surface area contributed by atoms with Gasteiger partial charge >= 0.3 is 0 Å². The molecule has 0 radical (unpaired) electrons. The molecule has 2 aliphatic rings. The highest BCUT2D eigenvalue weighted by Crippen LogP contribution is 2.32. The van der Waals surface area contributed by atoms with Crippen molar-refractivity contribution in [1.82, 2.24) is 14.8 Å². The van der Waals surface area contributed by atoms with E-state index in [0.29, 0.717) is 12.5 Å². The van der Waals surface area contributed by atoms with Gasteiger partial charge in [0, 0.05) is 59.2 Å². The number of hydrogen-bond donors (Lipinski definition) is 1. The van der Waals surface area contributed by atoms with Gasteiger partial charge in [0.15, 0.2) is 0 Å². The third-order valence-corrected chi connectivity index (χ3v) is 7.47. The Morgan fingerprint density at radius 3 is 2.69 bits per heavy atom. The van der Waals surface area contributed by atoms with Crippen molar-refractivity contribution >= 4 is 38.6 Å². The van der Waals surface area contributed by atoms with Crippen molar-refractivity contribution in [2.75, 3.05) is 13.1 Å². The lowest BCUT2D eigenvalue weighted by molar-refractivity contribution is -0.126. The first-order chi connectivity index (χ1) is 15.6. The van der Waals surface area contributed by atoms with Crippen molar-refractivity contribution in [3.8, 4) is 0 Å². The SMILES string of the molecule is O=C(NCCn1ccc2cc(Br)ccc21)C1CCC(CN2Cc3ccccc3C2=O)CC1. The summed E-state index contributed by atoms with van der Waals surface area (Å²) in [5, 5.41) is 4.34. The van der Waals surface area contributed by atoms with E-state index >= 15 is 0 Å². The molecule has 1 aliphatic carbocycles. The molecule has 166 valence electrons. The zero-order chi connectivity index (χ0) is 22.1. The van der Waals surface area contributed by atoms with Crippen LogP contribution in [0, 0.1) is 11.8 Å². The number of carbonyl (C=O) groups excluding carboxylic acids is 2. The molecule has 0 atom stereocenters. The summed E-state index contributed by atoms with van der Waals surface area (Å²) in [6, 6.07) is 16.3. The molecule has 1 fully saturated rings. The molecule has 3 aromatic rings. The maximum Gasteiger partial charge on any atom is 0.254 e. The number of amides is 2. The van der Waals surface area contributed by atoms with E-state index < -0.39 is 0 Å². The molecule has 1 N–H and O–H groups in total. The van der Waals surface area contributed by atoms with Crippen LogP contribution >= 0.6 is 15.9 Å². The van der Waals surface area contributed by atoms with Gasteiger partial charge in [0.05, 0.1) is 0 Å². The number of rotatable bonds is 6. The molecule has 0 bridgehead atoms. The zero-order valence-electron chi connectivity index (χ0n) is 18.1. The number of benzene rings is 2. The van der Waals surface area contributed by atoms with Gasteiger partial charge in [0.25, 0.3) is 5.91 Å². The van der Waals surface area contributed by atoms with Crippen LogP contribution in [0.25, 0.3) is 10.9 Å². The van der Waals surface area contributed by atoms with E-state index in [0.717, 1.165) is 60.9 Å². The monoisotopic (exact) mass is 493 g/mol. The van der Waals surface area contributed by atoms with E-state index in [1.807, 2.05) is 35.2 Å². The average Bonchev–Trinajstić information content (AvgIpc) is 3.34. The molecule has 6 heteroatoms. The maximum absolute atomic E-state index is 12.7. The first kappa shape index (κ1) is 21.3. The molecule has 0 saturated heterocycles. The lowest BCUT2D eigenvalue weighted by Crippen LogP contribution is -2.37. The molecule has 32 heavy (non-hydrogen) atoms. The molecule has 1 saturated carbocycles. The predicted octanol–water partition coefficient (Wildman–Crippen LogP) is 4.98. The Hall–Kier alpha value is -2.60. The van der Waals surface area contributed by atoms with E-state index in [1.165, 1.54) is 10.9 Å². The van der Waals surface area contributed by atoms with Gasteiger partial charge < -0.3 is 14.8 Å². The van der Waals surface area contributed by atoms with Crippen LogP contribution in [-0.2, 0) is 17.9 Å². The summed E-state index contributed by atoms with van der Waals surface area (Å²) in [4.78, 5) is 27.3. The fourth-order valence-corrected chi connectivity index (χ4v) is 5.57. The van der Waals surface area contributed by atoms with Gasteiger partial charge in [-0.2, -0.15) is 0 Å². The van der Waals surface area contributed by atoms with Gasteiger partial charge in [0.1, 0.15) is 0 Å². The summed E-state index contributed by atoms with van der Waals surface area (Å²) in [7, 11) is 0. The van der Waals surface area contributed by atoms with Crippen LogP contribution in [0.5, 0.6) is 0 Å². The van der Waals surface area contributed by atoms with E-state index in [4.69, 9.17) is 0 Å². The second-order valence-electron chi connectivity index (χ2n) is 9.06. The van der Waals surface area contributed by atoms with Crippen molar-refractivity contribution in [2.45, 2.75) is 38.8 Å². The number of nitrogens with one attached hydrogen (secondary N) is 1. The summed E-state index contributed by atoms with van der Waals surface area (Å²) in [5.74, 6) is 0.913. The quantitative estimate of drug-likeness (QED) is 0.526. The number of carbonyl (C=O) groups is 2. The van der Waals surface area contributed by atoms with Crippen molar-refractivity contribution < 1.29 is 9.59 Å². The van der Waals surface area contributed by atoms with Crippen LogP contribution in [0.2, 0.25) is 0 Å². The summed E-state index contributed by atoms with van der Waals surface area (Å²) in [6.45, 7) is 2.93. The Kier molecular flexibility index (Phi) is 6.05. The minimum Gasteiger partial charge on any atom is -0.354 e. The summed E-state index contributed by atoms with van der Waals surface area (Å²) < 4.78 is 3.26. The smallest absolute Gasteiger partial charge is 0.254 e. The van der Waals surface area contributed by atoms with Gasteiger partial charge in [0.2, 0.25) is 5.91 Å². The maximum atomic E-state index is 12.7. The van der Waals surface area contributed by atoms with Gasteiger partial charge in [-0.05, 0) is 67.5 Å². The van der Waals surface area contributed by atoms with Crippen molar-refractivity contribution in [2.24, 2.45) is 11.8 Å². The minimum absolute atomic E-state index is 0.0927. The van der Waals surface area contributed by atoms with Crippen LogP contribution in [-0.4, -0.2) is 34.4 Å². The van der Waals surface area contributed by atoms with Crippen molar-refractivity contribution in [3.05, 3.63) is 70.3 Å². The second kappa shape index (κ2) is 9.10. The molecular weight excluding hydrogens is 466 g/mol. The second-order valence-corrected chi connectivity index (χ2v) is 9.98. The summed E-state index contributed by atoms with van der Waals surface area (Å²) in [5.41, 5.74) is 3.17. The van der Waals surface area contributed by atoms with Gasteiger partial charge in [-0.15, -0.1) is 0 Å². The number of hydrogen-bond acceptors (Lipinski definition) is 2. The first-order valence-electron chi connectivity index (χ1n) is 11.5. The highest BCUT2D eigenvalue weighted by atomic mass is 79.9. The third kappa shape index (κ3) is 4.33. The molecule has 0 spiro atoms. The van der Waals surface area contributed by atoms with Crippen LogP contribution in [0.3, 0.4) is 0 Å². The molecule has 1 aliphatic heterocycles. The van der Waals surface area contributed by atoms with Crippen LogP contribution in [0.1, 0.15) is 41.6 Å². The fourth-order valence-electron chi connectivity index (χ4n) is 5.19. The standard InChI is InChI=1S/C26H28BrN3O2/c27-22-9-10-24-20(15-22)11-13-29(24)14-12-28-25(31)19-7-5-18(6-8-19)16-30-17-21-3-1-2-4-23(21)26(30)32/h1-4,9-11,13,15,18-19H,5-8,12,14,16-17H2,(H,28,31). The zero-order valence-corrected chi connectivity index (χ0v) is 19.7. The van der Waals surface area contributed by atoms with E-state index in [9.17, 15) is 9.59 Å². The molecule has 5 nitrogen and oxygen atoms in total. The topological polar surface area (TPSA) is 54.3 Å². The van der Waals surface area contributed by atoms with Crippen molar-refractivity contribution in [1.29, 1.82) is 0 Å². The molecule has 2 amide bonds. The van der Waals surface area contributed by atoms with Crippen LogP contribution in [0.15, 0.2) is 59.2 Å². The summed E-state index contributed by atoms with van der Waals surface area (Å²) in [6.07, 6.45) is 5.91. The number of fused-ring (bicyclic) bond motifs is 2. The highest BCUT2D eigenvalue weighted by Gasteiger charge is 2.31. The molecule has 2 aromatic carbocycles. The summed E-state index contributed by atoms with van der Waals surface area (Å²) >= 11 is 3.51. The highest BCUT2D eigenvalue weighted by molar-refractivity contribution is 9.10. The third-order valence-electron chi connectivity index (χ3n) is 6.98. The lowest BCUT2D eigenvalue weighted by atomic mass is 9.81. The molecule has 1 aromatic heterocycles. The fraction of sp³-hybridized carbons (Fsp3) is 0.385. The largest absolute Gasteiger partial charge is 0.354 e. The van der Waals surface area contributed by atoms with Gasteiger partial charge in [-0.3, -0.25) is 9.59 Å². The Labute approximate surface area is 196 Å². The Morgan fingerprint density at radius 1 is 1.06 bits per heavy atom. The lowest BCUT2D eigenvalue weighted by Gasteiger charge is -2.30. The Bertz CT molecular complexity index is 1150. The number of aromatic nitrogens is 1. The van der Waals surface area contributed by atoms with Gasteiger partial charge in [-0.1, -0.05) is 34.1 Å². The first-order valence-corrected chi connectivity index (χ1v) is 12.3. The molecular formula is C26H28BrN3O2. The molecule has 5 rings (SSSR count). The predicted molar refractivity (Wildman–Crippen MR) is 129 cm³/mol.